The van der Waals surface area contributed by atoms with Crippen LogP contribution in [0.3, 0.4) is 0 Å². The molecular formula is C15H13N3O3S2. The predicted octanol–water partition coefficient (Wildman–Crippen LogP) is 2.92. The zero-order valence-corrected chi connectivity index (χ0v) is 13.7. The molecule has 0 fully saturated rings. The Hall–Kier alpha value is -2.45. The first kappa shape index (κ1) is 15.4. The Morgan fingerprint density at radius 2 is 1.78 bits per heavy atom. The van der Waals surface area contributed by atoms with Gasteiger partial charge in [0.2, 0.25) is 10.0 Å². The molecule has 3 aromatic rings. The second-order valence-electron chi connectivity index (χ2n) is 4.89. The number of benzene rings is 2. The van der Waals surface area contributed by atoms with Crippen molar-refractivity contribution in [2.45, 2.75) is 0 Å². The second-order valence-corrected chi connectivity index (χ2v) is 7.67. The standard InChI is InChI=1S/C15H13N3O3S2/c1-23(20,21)18-11-8-6-10(7-9-11)14(19)17-15-16-12-4-2-3-5-13(12)22-15/h2-9,18H,1H3,(H,16,17,19). The zero-order valence-electron chi connectivity index (χ0n) is 12.1. The van der Waals surface area contributed by atoms with Crippen LogP contribution < -0.4 is 10.0 Å². The van der Waals surface area contributed by atoms with E-state index in [1.807, 2.05) is 24.3 Å². The number of aromatic nitrogens is 1. The lowest BCUT2D eigenvalue weighted by molar-refractivity contribution is 0.102. The van der Waals surface area contributed by atoms with E-state index < -0.39 is 10.0 Å². The highest BCUT2D eigenvalue weighted by molar-refractivity contribution is 7.92. The highest BCUT2D eigenvalue weighted by Gasteiger charge is 2.10. The maximum absolute atomic E-state index is 12.2. The summed E-state index contributed by atoms with van der Waals surface area (Å²) in [6.45, 7) is 0. The Balaban J connectivity index is 1.75. The first-order valence-corrected chi connectivity index (χ1v) is 9.36. The topological polar surface area (TPSA) is 88.2 Å². The Kier molecular flexibility index (Phi) is 4.01. The summed E-state index contributed by atoms with van der Waals surface area (Å²) in [6.07, 6.45) is 1.07. The van der Waals surface area contributed by atoms with Crippen molar-refractivity contribution in [2.75, 3.05) is 16.3 Å². The summed E-state index contributed by atoms with van der Waals surface area (Å²) < 4.78 is 25.6. The van der Waals surface area contributed by atoms with Gasteiger partial charge in [-0.3, -0.25) is 14.8 Å². The Bertz CT molecular complexity index is 930. The fourth-order valence-electron chi connectivity index (χ4n) is 2.00. The smallest absolute Gasteiger partial charge is 0.257 e. The molecule has 118 valence electrons. The summed E-state index contributed by atoms with van der Waals surface area (Å²) in [5.74, 6) is -0.296. The van der Waals surface area contributed by atoms with Gasteiger partial charge in [0.05, 0.1) is 16.5 Å². The number of amides is 1. The van der Waals surface area contributed by atoms with Crippen molar-refractivity contribution < 1.29 is 13.2 Å². The van der Waals surface area contributed by atoms with E-state index in [1.54, 1.807) is 12.1 Å². The quantitative estimate of drug-likeness (QED) is 0.759. The van der Waals surface area contributed by atoms with Gasteiger partial charge in [-0.15, -0.1) is 0 Å². The van der Waals surface area contributed by atoms with Crippen molar-refractivity contribution in [3.05, 3.63) is 54.1 Å². The summed E-state index contributed by atoms with van der Waals surface area (Å²) in [5, 5.41) is 3.27. The number of para-hydroxylation sites is 1. The number of hydrogen-bond donors (Lipinski definition) is 2. The van der Waals surface area contributed by atoms with E-state index in [0.29, 0.717) is 16.4 Å². The minimum Gasteiger partial charge on any atom is -0.298 e. The van der Waals surface area contributed by atoms with E-state index in [-0.39, 0.29) is 5.91 Å². The SMILES string of the molecule is CS(=O)(=O)Nc1ccc(C(=O)Nc2nc3ccccc3s2)cc1. The molecule has 2 aromatic carbocycles. The predicted molar refractivity (Wildman–Crippen MR) is 92.5 cm³/mol. The summed E-state index contributed by atoms with van der Waals surface area (Å²) in [4.78, 5) is 16.5. The molecule has 8 heteroatoms. The number of fused-ring (bicyclic) bond motifs is 1. The molecule has 0 aliphatic heterocycles. The van der Waals surface area contributed by atoms with E-state index in [9.17, 15) is 13.2 Å². The van der Waals surface area contributed by atoms with E-state index in [1.165, 1.54) is 23.5 Å². The molecule has 0 atom stereocenters. The molecule has 0 radical (unpaired) electrons. The van der Waals surface area contributed by atoms with Crippen LogP contribution in [0.5, 0.6) is 0 Å². The van der Waals surface area contributed by atoms with Gasteiger partial charge in [0.15, 0.2) is 5.13 Å². The normalized spacial score (nSPS) is 11.3. The fraction of sp³-hybridized carbons (Fsp3) is 0.0667. The highest BCUT2D eigenvalue weighted by Crippen LogP contribution is 2.25. The molecule has 1 heterocycles. The number of carbonyl (C=O) groups excluding carboxylic acids is 1. The van der Waals surface area contributed by atoms with Crippen molar-refractivity contribution in [1.29, 1.82) is 0 Å². The van der Waals surface area contributed by atoms with Gasteiger partial charge in [-0.25, -0.2) is 13.4 Å². The molecule has 0 aliphatic carbocycles. The minimum absolute atomic E-state index is 0.296. The lowest BCUT2D eigenvalue weighted by Crippen LogP contribution is -2.12. The van der Waals surface area contributed by atoms with Crippen LogP contribution in [-0.4, -0.2) is 25.6 Å². The van der Waals surface area contributed by atoms with Crippen molar-refractivity contribution in [3.63, 3.8) is 0 Å². The average molecular weight is 347 g/mol. The van der Waals surface area contributed by atoms with Crippen molar-refractivity contribution >= 4 is 48.3 Å². The van der Waals surface area contributed by atoms with Gasteiger partial charge in [-0.2, -0.15) is 0 Å². The molecule has 1 aromatic heterocycles. The molecule has 0 bridgehead atoms. The molecule has 1 amide bonds. The van der Waals surface area contributed by atoms with Gasteiger partial charge in [0.1, 0.15) is 0 Å². The molecule has 0 saturated carbocycles. The molecule has 0 saturated heterocycles. The van der Waals surface area contributed by atoms with Crippen LogP contribution in [0.15, 0.2) is 48.5 Å². The molecule has 0 unspecified atom stereocenters. The molecule has 3 rings (SSSR count). The largest absolute Gasteiger partial charge is 0.298 e. The van der Waals surface area contributed by atoms with E-state index in [2.05, 4.69) is 15.0 Å². The Labute approximate surface area is 137 Å². The van der Waals surface area contributed by atoms with E-state index in [0.717, 1.165) is 16.5 Å². The van der Waals surface area contributed by atoms with Crippen LogP contribution in [-0.2, 0) is 10.0 Å². The number of nitrogens with zero attached hydrogens (tertiary/aromatic N) is 1. The average Bonchev–Trinajstić information content (AvgIpc) is 2.88. The number of anilines is 2. The highest BCUT2D eigenvalue weighted by atomic mass is 32.2. The molecule has 0 spiro atoms. The molecule has 23 heavy (non-hydrogen) atoms. The number of thiazole rings is 1. The van der Waals surface area contributed by atoms with Crippen LogP contribution in [0.1, 0.15) is 10.4 Å². The van der Waals surface area contributed by atoms with E-state index in [4.69, 9.17) is 0 Å². The van der Waals surface area contributed by atoms with Crippen LogP contribution in [0.2, 0.25) is 0 Å². The lowest BCUT2D eigenvalue weighted by atomic mass is 10.2. The lowest BCUT2D eigenvalue weighted by Gasteiger charge is -2.05. The van der Waals surface area contributed by atoms with E-state index >= 15 is 0 Å². The van der Waals surface area contributed by atoms with Gasteiger partial charge in [-0.1, -0.05) is 23.5 Å². The number of hydrogen-bond acceptors (Lipinski definition) is 5. The minimum atomic E-state index is -3.33. The monoisotopic (exact) mass is 347 g/mol. The third-order valence-electron chi connectivity index (χ3n) is 2.96. The molecular weight excluding hydrogens is 334 g/mol. The fourth-order valence-corrected chi connectivity index (χ4v) is 3.42. The number of carbonyl (C=O) groups is 1. The van der Waals surface area contributed by atoms with Gasteiger partial charge in [0, 0.05) is 11.3 Å². The van der Waals surface area contributed by atoms with Gasteiger partial charge >= 0.3 is 0 Å². The summed E-state index contributed by atoms with van der Waals surface area (Å²) in [6, 6.07) is 13.8. The summed E-state index contributed by atoms with van der Waals surface area (Å²) in [7, 11) is -3.33. The zero-order chi connectivity index (χ0) is 16.4. The number of nitrogens with one attached hydrogen (secondary N) is 2. The number of rotatable bonds is 4. The van der Waals surface area contributed by atoms with Crippen molar-refractivity contribution in [3.8, 4) is 0 Å². The second kappa shape index (κ2) is 5.98. The first-order chi connectivity index (χ1) is 10.9. The summed E-state index contributed by atoms with van der Waals surface area (Å²) in [5.41, 5.74) is 1.66. The van der Waals surface area contributed by atoms with Gasteiger partial charge in [0.25, 0.3) is 5.91 Å². The van der Waals surface area contributed by atoms with Crippen LogP contribution in [0.4, 0.5) is 10.8 Å². The van der Waals surface area contributed by atoms with Gasteiger partial charge < -0.3 is 0 Å². The third kappa shape index (κ3) is 3.85. The first-order valence-electron chi connectivity index (χ1n) is 6.65. The van der Waals surface area contributed by atoms with Crippen LogP contribution in [0.25, 0.3) is 10.2 Å². The Morgan fingerprint density at radius 1 is 1.09 bits per heavy atom. The summed E-state index contributed by atoms with van der Waals surface area (Å²) >= 11 is 1.40. The maximum Gasteiger partial charge on any atom is 0.257 e. The van der Waals surface area contributed by atoms with Crippen LogP contribution in [0, 0.1) is 0 Å². The van der Waals surface area contributed by atoms with Crippen molar-refractivity contribution in [1.82, 2.24) is 4.98 Å². The van der Waals surface area contributed by atoms with Crippen LogP contribution >= 0.6 is 11.3 Å². The van der Waals surface area contributed by atoms with Gasteiger partial charge in [-0.05, 0) is 36.4 Å². The maximum atomic E-state index is 12.2. The number of sulfonamides is 1. The molecule has 2 N–H and O–H groups in total. The third-order valence-corrected chi connectivity index (χ3v) is 4.52. The van der Waals surface area contributed by atoms with Crippen molar-refractivity contribution in [2.24, 2.45) is 0 Å². The molecule has 0 aliphatic rings. The molecule has 6 nitrogen and oxygen atoms in total. The Morgan fingerprint density at radius 3 is 2.43 bits per heavy atom.